The van der Waals surface area contributed by atoms with E-state index in [4.69, 9.17) is 10.5 Å². The molecule has 1 heterocycles. The maximum absolute atomic E-state index is 11.7. The first-order valence-corrected chi connectivity index (χ1v) is 7.72. The molecular formula is C14H22N2O2S. The Balaban J connectivity index is 1.95. The van der Waals surface area contributed by atoms with Gasteiger partial charge in [-0.3, -0.25) is 0 Å². The van der Waals surface area contributed by atoms with E-state index in [2.05, 4.69) is 12.2 Å². The highest BCUT2D eigenvalue weighted by Crippen LogP contribution is 2.49. The normalized spacial score (nSPS) is 16.1. The molecule has 0 saturated heterocycles. The molecule has 1 aliphatic rings. The SMILES string of the molecule is CCCC1(CNc2cc(N)c(C(=O)OCC)s2)CC1. The number of nitrogens with one attached hydrogen (secondary N) is 1. The van der Waals surface area contributed by atoms with Gasteiger partial charge in [-0.25, -0.2) is 4.79 Å². The minimum Gasteiger partial charge on any atom is -0.462 e. The number of thiophene rings is 1. The van der Waals surface area contributed by atoms with Crippen LogP contribution in [-0.4, -0.2) is 19.1 Å². The van der Waals surface area contributed by atoms with Gasteiger partial charge in [0.1, 0.15) is 4.88 Å². The van der Waals surface area contributed by atoms with E-state index in [-0.39, 0.29) is 5.97 Å². The lowest BCUT2D eigenvalue weighted by molar-refractivity contribution is 0.0533. The van der Waals surface area contributed by atoms with Gasteiger partial charge in [0.25, 0.3) is 0 Å². The van der Waals surface area contributed by atoms with Gasteiger partial charge in [-0.05, 0) is 37.7 Å². The average Bonchev–Trinajstić information content (AvgIpc) is 3.03. The quantitative estimate of drug-likeness (QED) is 0.751. The summed E-state index contributed by atoms with van der Waals surface area (Å²) in [5.74, 6) is -0.326. The number of nitrogen functional groups attached to an aromatic ring is 1. The molecule has 0 aliphatic heterocycles. The number of hydrogen-bond acceptors (Lipinski definition) is 5. The molecule has 1 aromatic heterocycles. The molecule has 0 atom stereocenters. The maximum Gasteiger partial charge on any atom is 0.350 e. The monoisotopic (exact) mass is 282 g/mol. The van der Waals surface area contributed by atoms with Crippen molar-refractivity contribution in [3.05, 3.63) is 10.9 Å². The molecule has 5 heteroatoms. The molecule has 0 radical (unpaired) electrons. The van der Waals surface area contributed by atoms with E-state index >= 15 is 0 Å². The molecule has 0 amide bonds. The van der Waals surface area contributed by atoms with Crippen molar-refractivity contribution in [2.45, 2.75) is 39.5 Å². The van der Waals surface area contributed by atoms with Crippen LogP contribution in [0.2, 0.25) is 0 Å². The van der Waals surface area contributed by atoms with E-state index in [9.17, 15) is 4.79 Å². The van der Waals surface area contributed by atoms with E-state index in [1.165, 1.54) is 37.0 Å². The van der Waals surface area contributed by atoms with Crippen LogP contribution in [0.15, 0.2) is 6.07 Å². The number of carbonyl (C=O) groups is 1. The minimum absolute atomic E-state index is 0.326. The summed E-state index contributed by atoms with van der Waals surface area (Å²) in [6, 6.07) is 1.83. The smallest absolute Gasteiger partial charge is 0.350 e. The van der Waals surface area contributed by atoms with Crippen LogP contribution in [0.1, 0.15) is 49.2 Å². The van der Waals surface area contributed by atoms with Crippen LogP contribution in [-0.2, 0) is 4.74 Å². The van der Waals surface area contributed by atoms with Crippen molar-refractivity contribution in [1.82, 2.24) is 0 Å². The second-order valence-electron chi connectivity index (χ2n) is 5.22. The Morgan fingerprint density at radius 3 is 2.84 bits per heavy atom. The van der Waals surface area contributed by atoms with Gasteiger partial charge in [-0.15, -0.1) is 11.3 Å². The topological polar surface area (TPSA) is 64.3 Å². The third kappa shape index (κ3) is 3.41. The van der Waals surface area contributed by atoms with Gasteiger partial charge in [0.15, 0.2) is 0 Å². The van der Waals surface area contributed by atoms with Crippen molar-refractivity contribution >= 4 is 28.0 Å². The number of ether oxygens (including phenoxy) is 1. The molecule has 19 heavy (non-hydrogen) atoms. The summed E-state index contributed by atoms with van der Waals surface area (Å²) in [5.41, 5.74) is 6.85. The molecule has 0 unspecified atom stereocenters. The van der Waals surface area contributed by atoms with Crippen LogP contribution in [0.3, 0.4) is 0 Å². The lowest BCUT2D eigenvalue weighted by Gasteiger charge is -2.14. The molecule has 106 valence electrons. The largest absolute Gasteiger partial charge is 0.462 e. The summed E-state index contributed by atoms with van der Waals surface area (Å²) >= 11 is 1.38. The molecule has 3 N–H and O–H groups in total. The first-order valence-electron chi connectivity index (χ1n) is 6.90. The van der Waals surface area contributed by atoms with E-state index in [0.717, 1.165) is 11.5 Å². The fourth-order valence-corrected chi connectivity index (χ4v) is 3.21. The van der Waals surface area contributed by atoms with Gasteiger partial charge < -0.3 is 15.8 Å². The van der Waals surface area contributed by atoms with Gasteiger partial charge in [-0.2, -0.15) is 0 Å². The van der Waals surface area contributed by atoms with Crippen molar-refractivity contribution in [3.8, 4) is 0 Å². The summed E-state index contributed by atoms with van der Waals surface area (Å²) < 4.78 is 4.98. The Morgan fingerprint density at radius 2 is 2.26 bits per heavy atom. The molecule has 0 spiro atoms. The van der Waals surface area contributed by atoms with Crippen LogP contribution in [0.25, 0.3) is 0 Å². The number of anilines is 2. The summed E-state index contributed by atoms with van der Waals surface area (Å²) in [5, 5.41) is 4.38. The van der Waals surface area contributed by atoms with Gasteiger partial charge >= 0.3 is 5.97 Å². The molecule has 1 aliphatic carbocycles. The average molecular weight is 282 g/mol. The molecule has 0 aromatic carbocycles. The molecular weight excluding hydrogens is 260 g/mol. The lowest BCUT2D eigenvalue weighted by atomic mass is 10.0. The van der Waals surface area contributed by atoms with Gasteiger partial charge in [0, 0.05) is 6.54 Å². The summed E-state index contributed by atoms with van der Waals surface area (Å²) in [6.07, 6.45) is 5.10. The standard InChI is InChI=1S/C14H22N2O2S/c1-3-5-14(6-7-14)9-16-11-8-10(15)12(19-11)13(17)18-4-2/h8,16H,3-7,9,15H2,1-2H3. The highest BCUT2D eigenvalue weighted by Gasteiger charge is 2.41. The molecule has 1 aromatic rings. The Morgan fingerprint density at radius 1 is 1.53 bits per heavy atom. The van der Waals surface area contributed by atoms with Crippen LogP contribution in [0, 0.1) is 5.41 Å². The molecule has 1 fully saturated rings. The molecule has 2 rings (SSSR count). The zero-order valence-electron chi connectivity index (χ0n) is 11.6. The van der Waals surface area contributed by atoms with Gasteiger partial charge in [0.05, 0.1) is 17.3 Å². The molecule has 0 bridgehead atoms. The Labute approximate surface area is 118 Å². The number of hydrogen-bond donors (Lipinski definition) is 2. The summed E-state index contributed by atoms with van der Waals surface area (Å²) in [6.45, 7) is 5.37. The second-order valence-corrected chi connectivity index (χ2v) is 6.27. The third-order valence-electron chi connectivity index (χ3n) is 3.60. The van der Waals surface area contributed by atoms with Crippen molar-refractivity contribution in [2.75, 3.05) is 24.2 Å². The van der Waals surface area contributed by atoms with E-state index in [1.807, 2.05) is 6.07 Å². The number of carbonyl (C=O) groups excluding carboxylic acids is 1. The fraction of sp³-hybridized carbons (Fsp3) is 0.643. The maximum atomic E-state index is 11.7. The number of rotatable bonds is 7. The van der Waals surface area contributed by atoms with Crippen molar-refractivity contribution in [1.29, 1.82) is 0 Å². The summed E-state index contributed by atoms with van der Waals surface area (Å²) in [4.78, 5) is 12.2. The van der Waals surface area contributed by atoms with Crippen molar-refractivity contribution < 1.29 is 9.53 Å². The third-order valence-corrected chi connectivity index (χ3v) is 4.69. The van der Waals surface area contributed by atoms with Crippen LogP contribution < -0.4 is 11.1 Å². The van der Waals surface area contributed by atoms with Gasteiger partial charge in [0.2, 0.25) is 0 Å². The van der Waals surface area contributed by atoms with E-state index < -0.39 is 0 Å². The first kappa shape index (κ1) is 14.2. The minimum atomic E-state index is -0.326. The van der Waals surface area contributed by atoms with Crippen molar-refractivity contribution in [3.63, 3.8) is 0 Å². The van der Waals surface area contributed by atoms with Crippen LogP contribution >= 0.6 is 11.3 Å². The first-order chi connectivity index (χ1) is 9.10. The highest BCUT2D eigenvalue weighted by atomic mass is 32.1. The van der Waals surface area contributed by atoms with E-state index in [0.29, 0.717) is 22.6 Å². The second kappa shape index (κ2) is 5.82. The zero-order valence-corrected chi connectivity index (χ0v) is 12.4. The summed E-state index contributed by atoms with van der Waals surface area (Å²) in [7, 11) is 0. The van der Waals surface area contributed by atoms with Crippen molar-refractivity contribution in [2.24, 2.45) is 5.41 Å². The molecule has 1 saturated carbocycles. The predicted octanol–water partition coefficient (Wildman–Crippen LogP) is 3.50. The van der Waals surface area contributed by atoms with Gasteiger partial charge in [-0.1, -0.05) is 13.3 Å². The highest BCUT2D eigenvalue weighted by molar-refractivity contribution is 7.18. The molecule has 4 nitrogen and oxygen atoms in total. The van der Waals surface area contributed by atoms with E-state index in [1.54, 1.807) is 6.92 Å². The number of nitrogens with two attached hydrogens (primary N) is 1. The van der Waals surface area contributed by atoms with Crippen LogP contribution in [0.4, 0.5) is 10.7 Å². The Kier molecular flexibility index (Phi) is 4.34. The Bertz CT molecular complexity index is 452. The number of esters is 1. The van der Waals surface area contributed by atoms with Crippen LogP contribution in [0.5, 0.6) is 0 Å². The lowest BCUT2D eigenvalue weighted by Crippen LogP contribution is -2.14. The Hall–Kier alpha value is -1.23. The predicted molar refractivity (Wildman–Crippen MR) is 79.8 cm³/mol. The zero-order chi connectivity index (χ0) is 13.9. The fourth-order valence-electron chi connectivity index (χ4n) is 2.35.